The molecule has 0 saturated heterocycles. The van der Waals surface area contributed by atoms with Crippen molar-refractivity contribution in [2.45, 2.75) is 25.7 Å². The highest BCUT2D eigenvalue weighted by molar-refractivity contribution is 5.30. The molecule has 1 aromatic rings. The van der Waals surface area contributed by atoms with Crippen LogP contribution in [0.3, 0.4) is 0 Å². The van der Waals surface area contributed by atoms with Crippen LogP contribution >= 0.6 is 0 Å². The molecule has 0 radical (unpaired) electrons. The number of hydrogen-bond donors (Lipinski definition) is 1. The minimum atomic E-state index is -4.67. The van der Waals surface area contributed by atoms with E-state index in [1.165, 1.54) is 12.1 Å². The van der Waals surface area contributed by atoms with Crippen LogP contribution < -0.4 is 10.1 Å². The Morgan fingerprint density at radius 2 is 1.94 bits per heavy atom. The highest BCUT2D eigenvalue weighted by Crippen LogP contribution is 2.25. The summed E-state index contributed by atoms with van der Waals surface area (Å²) in [7, 11) is 0. The van der Waals surface area contributed by atoms with Gasteiger partial charge in [0, 0.05) is 12.5 Å². The summed E-state index contributed by atoms with van der Waals surface area (Å²) in [6.07, 6.45) is 1.06. The largest absolute Gasteiger partial charge is 0.573 e. The first-order valence-electron chi connectivity index (χ1n) is 5.49. The Morgan fingerprint density at radius 1 is 1.33 bits per heavy atom. The second-order valence-electron chi connectivity index (χ2n) is 3.64. The second-order valence-corrected chi connectivity index (χ2v) is 3.64. The van der Waals surface area contributed by atoms with Gasteiger partial charge in [-0.3, -0.25) is 0 Å². The van der Waals surface area contributed by atoms with Crippen molar-refractivity contribution >= 4 is 0 Å². The van der Waals surface area contributed by atoms with Crippen molar-refractivity contribution in [3.05, 3.63) is 29.8 Å². The zero-order valence-electron chi connectivity index (χ0n) is 9.92. The van der Waals surface area contributed by atoms with Gasteiger partial charge in [-0.15, -0.1) is 25.5 Å². The molecule has 0 aliphatic heterocycles. The van der Waals surface area contributed by atoms with Crippen LogP contribution in [0.15, 0.2) is 24.3 Å². The Morgan fingerprint density at radius 3 is 2.39 bits per heavy atom. The van der Waals surface area contributed by atoms with E-state index in [2.05, 4.69) is 16.0 Å². The van der Waals surface area contributed by atoms with Gasteiger partial charge in [0.15, 0.2) is 0 Å². The molecule has 1 rings (SSSR count). The number of benzene rings is 1. The summed E-state index contributed by atoms with van der Waals surface area (Å²) in [4.78, 5) is 0. The van der Waals surface area contributed by atoms with Gasteiger partial charge in [-0.25, -0.2) is 0 Å². The first-order chi connectivity index (χ1) is 8.46. The Bertz CT molecular complexity index is 406. The van der Waals surface area contributed by atoms with E-state index in [0.29, 0.717) is 6.42 Å². The second kappa shape index (κ2) is 6.31. The summed E-state index contributed by atoms with van der Waals surface area (Å²) in [5, 5.41) is 3.16. The van der Waals surface area contributed by atoms with E-state index >= 15 is 0 Å². The van der Waals surface area contributed by atoms with Crippen molar-refractivity contribution in [1.29, 1.82) is 0 Å². The predicted molar refractivity (Wildman–Crippen MR) is 63.0 cm³/mol. The van der Waals surface area contributed by atoms with Crippen LogP contribution in [0.4, 0.5) is 13.2 Å². The molecule has 1 N–H and O–H groups in total. The molecular weight excluding hydrogens is 243 g/mol. The quantitative estimate of drug-likeness (QED) is 0.817. The summed E-state index contributed by atoms with van der Waals surface area (Å²) in [5.74, 6) is 2.30. The fourth-order valence-corrected chi connectivity index (χ4v) is 1.57. The van der Waals surface area contributed by atoms with Crippen LogP contribution in [-0.4, -0.2) is 12.9 Å². The third-order valence-electron chi connectivity index (χ3n) is 2.29. The summed E-state index contributed by atoms with van der Waals surface area (Å²) >= 11 is 0. The summed E-state index contributed by atoms with van der Waals surface area (Å²) in [6.45, 7) is 2.66. The van der Waals surface area contributed by atoms with Crippen LogP contribution in [0.1, 0.15) is 24.9 Å². The monoisotopic (exact) mass is 257 g/mol. The van der Waals surface area contributed by atoms with Gasteiger partial charge in [0.2, 0.25) is 0 Å². The fourth-order valence-electron chi connectivity index (χ4n) is 1.57. The molecule has 0 amide bonds. The van der Waals surface area contributed by atoms with E-state index in [4.69, 9.17) is 6.42 Å². The maximum absolute atomic E-state index is 12.0. The molecule has 0 aliphatic carbocycles. The Balaban J connectivity index is 2.77. The molecule has 0 heterocycles. The number of rotatable bonds is 5. The van der Waals surface area contributed by atoms with Gasteiger partial charge in [0.05, 0.1) is 0 Å². The standard InChI is InChI=1S/C13H14F3NO/c1-3-5-12(17-4-2)10-6-8-11(9-7-10)18-13(14,15)16/h1,6-9,12,17H,4-5H2,2H3. The van der Waals surface area contributed by atoms with E-state index in [9.17, 15) is 13.2 Å². The molecule has 0 aliphatic rings. The van der Waals surface area contributed by atoms with E-state index in [1.807, 2.05) is 6.92 Å². The Kier molecular flexibility index (Phi) is 5.05. The molecule has 2 nitrogen and oxygen atoms in total. The lowest BCUT2D eigenvalue weighted by atomic mass is 10.0. The van der Waals surface area contributed by atoms with Crippen molar-refractivity contribution in [2.75, 3.05) is 6.54 Å². The average Bonchev–Trinajstić information content (AvgIpc) is 2.28. The van der Waals surface area contributed by atoms with Gasteiger partial charge >= 0.3 is 6.36 Å². The normalized spacial score (nSPS) is 12.8. The molecule has 0 spiro atoms. The molecule has 0 bridgehead atoms. The summed E-state index contributed by atoms with van der Waals surface area (Å²) in [6, 6.07) is 5.66. The summed E-state index contributed by atoms with van der Waals surface area (Å²) in [5.41, 5.74) is 0.837. The van der Waals surface area contributed by atoms with Crippen molar-refractivity contribution in [3.8, 4) is 18.1 Å². The SMILES string of the molecule is C#CCC(NCC)c1ccc(OC(F)(F)F)cc1. The zero-order valence-corrected chi connectivity index (χ0v) is 9.92. The first-order valence-corrected chi connectivity index (χ1v) is 5.49. The van der Waals surface area contributed by atoms with Crippen LogP contribution in [0, 0.1) is 12.3 Å². The van der Waals surface area contributed by atoms with Gasteiger partial charge in [0.25, 0.3) is 0 Å². The van der Waals surface area contributed by atoms with Gasteiger partial charge in [0.1, 0.15) is 5.75 Å². The van der Waals surface area contributed by atoms with Gasteiger partial charge in [-0.2, -0.15) is 0 Å². The van der Waals surface area contributed by atoms with Crippen molar-refractivity contribution in [2.24, 2.45) is 0 Å². The van der Waals surface area contributed by atoms with Crippen LogP contribution in [-0.2, 0) is 0 Å². The molecule has 0 aromatic heterocycles. The molecule has 0 fully saturated rings. The minimum absolute atomic E-state index is 0.0556. The zero-order chi connectivity index (χ0) is 13.6. The highest BCUT2D eigenvalue weighted by Gasteiger charge is 2.31. The topological polar surface area (TPSA) is 21.3 Å². The molecule has 1 atom stereocenters. The molecule has 1 aromatic carbocycles. The van der Waals surface area contributed by atoms with Crippen molar-refractivity contribution in [3.63, 3.8) is 0 Å². The van der Waals surface area contributed by atoms with Crippen LogP contribution in [0.2, 0.25) is 0 Å². The third kappa shape index (κ3) is 4.68. The molecule has 5 heteroatoms. The Labute approximate surface area is 104 Å². The molecule has 98 valence electrons. The smallest absolute Gasteiger partial charge is 0.406 e. The average molecular weight is 257 g/mol. The lowest BCUT2D eigenvalue weighted by molar-refractivity contribution is -0.274. The van der Waals surface area contributed by atoms with E-state index in [-0.39, 0.29) is 11.8 Å². The summed E-state index contributed by atoms with van der Waals surface area (Å²) < 4.78 is 39.7. The molecular formula is C13H14F3NO. The molecule has 1 unspecified atom stereocenters. The number of alkyl halides is 3. The van der Waals surface area contributed by atoms with Gasteiger partial charge < -0.3 is 10.1 Å². The Hall–Kier alpha value is -1.67. The van der Waals surface area contributed by atoms with E-state index in [0.717, 1.165) is 12.1 Å². The third-order valence-corrected chi connectivity index (χ3v) is 2.29. The lowest BCUT2D eigenvalue weighted by Gasteiger charge is -2.16. The molecule has 18 heavy (non-hydrogen) atoms. The first kappa shape index (κ1) is 14.4. The number of halogens is 3. The van der Waals surface area contributed by atoms with Crippen molar-refractivity contribution in [1.82, 2.24) is 5.32 Å². The maximum Gasteiger partial charge on any atom is 0.573 e. The highest BCUT2D eigenvalue weighted by atomic mass is 19.4. The van der Waals surface area contributed by atoms with Gasteiger partial charge in [-0.05, 0) is 24.2 Å². The van der Waals surface area contributed by atoms with Gasteiger partial charge in [-0.1, -0.05) is 19.1 Å². The van der Waals surface area contributed by atoms with E-state index in [1.54, 1.807) is 12.1 Å². The molecule has 0 saturated carbocycles. The fraction of sp³-hybridized carbons (Fsp3) is 0.385. The van der Waals surface area contributed by atoms with Crippen molar-refractivity contribution < 1.29 is 17.9 Å². The number of nitrogens with one attached hydrogen (secondary N) is 1. The number of terminal acetylenes is 1. The number of hydrogen-bond acceptors (Lipinski definition) is 2. The minimum Gasteiger partial charge on any atom is -0.406 e. The maximum atomic E-state index is 12.0. The lowest BCUT2D eigenvalue weighted by Crippen LogP contribution is -2.20. The predicted octanol–water partition coefficient (Wildman–Crippen LogP) is 3.26. The van der Waals surface area contributed by atoms with E-state index < -0.39 is 6.36 Å². The van der Waals surface area contributed by atoms with Crippen LogP contribution in [0.5, 0.6) is 5.75 Å². The number of ether oxygens (including phenoxy) is 1. The van der Waals surface area contributed by atoms with Crippen LogP contribution in [0.25, 0.3) is 0 Å².